The molecule has 2 aromatic rings. The zero-order valence-electron chi connectivity index (χ0n) is 15.2. The van der Waals surface area contributed by atoms with Crippen molar-refractivity contribution in [2.45, 2.75) is 63.6 Å². The Balaban J connectivity index is 1.44. The second-order valence-electron chi connectivity index (χ2n) is 7.47. The minimum Gasteiger partial charge on any atom is -0.348 e. The number of nitrogens with zero attached hydrogens (tertiary/aromatic N) is 3. The van der Waals surface area contributed by atoms with Crippen molar-refractivity contribution >= 4 is 5.91 Å². The predicted molar refractivity (Wildman–Crippen MR) is 99.5 cm³/mol. The summed E-state index contributed by atoms with van der Waals surface area (Å²) in [6.07, 6.45) is 9.92. The van der Waals surface area contributed by atoms with E-state index in [1.165, 1.54) is 25.7 Å². The molecule has 1 aliphatic carbocycles. The molecule has 2 fully saturated rings. The van der Waals surface area contributed by atoms with E-state index in [1.807, 2.05) is 24.4 Å². The van der Waals surface area contributed by atoms with E-state index in [4.69, 9.17) is 0 Å². The minimum atomic E-state index is -0.0496. The Morgan fingerprint density at radius 3 is 2.85 bits per heavy atom. The van der Waals surface area contributed by atoms with Crippen molar-refractivity contribution in [3.05, 3.63) is 47.5 Å². The standard InChI is InChI=1S/C20H27N5O/c26-20(22-15-7-1-2-8-15)18-13-17(23-24-18)19-10-4-6-12-25(19)14-16-9-3-5-11-21-16/h3,5,9,11,13,15,19H,1-2,4,6-8,10,12,14H2,(H,22,26)(H,23,24)/t19-/m0/s1. The second-order valence-corrected chi connectivity index (χ2v) is 7.47. The van der Waals surface area contributed by atoms with Gasteiger partial charge in [-0.25, -0.2) is 0 Å². The molecule has 1 saturated heterocycles. The van der Waals surface area contributed by atoms with Gasteiger partial charge in [-0.15, -0.1) is 0 Å². The molecular formula is C20H27N5O. The molecule has 0 radical (unpaired) electrons. The molecule has 1 aliphatic heterocycles. The first-order valence-electron chi connectivity index (χ1n) is 9.80. The summed E-state index contributed by atoms with van der Waals surface area (Å²) in [5.74, 6) is -0.0496. The third-order valence-electron chi connectivity index (χ3n) is 5.58. The molecule has 3 heterocycles. The molecular weight excluding hydrogens is 326 g/mol. The number of H-pyrrole nitrogens is 1. The monoisotopic (exact) mass is 353 g/mol. The fourth-order valence-corrected chi connectivity index (χ4v) is 4.19. The summed E-state index contributed by atoms with van der Waals surface area (Å²) in [6, 6.07) is 8.57. The zero-order valence-corrected chi connectivity index (χ0v) is 15.2. The molecule has 1 saturated carbocycles. The number of likely N-dealkylation sites (tertiary alicyclic amines) is 1. The number of hydrogen-bond acceptors (Lipinski definition) is 4. The summed E-state index contributed by atoms with van der Waals surface area (Å²) < 4.78 is 0. The molecule has 0 aromatic carbocycles. The predicted octanol–water partition coefficient (Wildman–Crippen LogP) is 3.20. The largest absolute Gasteiger partial charge is 0.348 e. The van der Waals surface area contributed by atoms with Crippen LogP contribution in [0.4, 0.5) is 0 Å². The van der Waals surface area contributed by atoms with Crippen LogP contribution in [0.25, 0.3) is 0 Å². The average molecular weight is 353 g/mol. The Labute approximate surface area is 154 Å². The van der Waals surface area contributed by atoms with Crippen LogP contribution in [0, 0.1) is 0 Å². The van der Waals surface area contributed by atoms with Crippen LogP contribution in [0.3, 0.4) is 0 Å². The molecule has 0 unspecified atom stereocenters. The van der Waals surface area contributed by atoms with E-state index in [-0.39, 0.29) is 11.9 Å². The Kier molecular flexibility index (Phi) is 5.29. The van der Waals surface area contributed by atoms with E-state index < -0.39 is 0 Å². The summed E-state index contributed by atoms with van der Waals surface area (Å²) in [6.45, 7) is 1.87. The Morgan fingerprint density at radius 1 is 1.19 bits per heavy atom. The topological polar surface area (TPSA) is 73.9 Å². The minimum absolute atomic E-state index is 0.0496. The van der Waals surface area contributed by atoms with Crippen molar-refractivity contribution < 1.29 is 4.79 Å². The molecule has 0 spiro atoms. The van der Waals surface area contributed by atoms with Gasteiger partial charge in [0.05, 0.1) is 17.4 Å². The lowest BCUT2D eigenvalue weighted by Crippen LogP contribution is -2.33. The highest BCUT2D eigenvalue weighted by atomic mass is 16.2. The fraction of sp³-hybridized carbons (Fsp3) is 0.550. The number of aromatic nitrogens is 3. The van der Waals surface area contributed by atoms with Crippen molar-refractivity contribution in [2.24, 2.45) is 0 Å². The van der Waals surface area contributed by atoms with Crippen LogP contribution >= 0.6 is 0 Å². The lowest BCUT2D eigenvalue weighted by molar-refractivity contribution is 0.0932. The number of nitrogens with one attached hydrogen (secondary N) is 2. The van der Waals surface area contributed by atoms with Gasteiger partial charge < -0.3 is 5.32 Å². The number of piperidine rings is 1. The van der Waals surface area contributed by atoms with Gasteiger partial charge in [-0.2, -0.15) is 5.10 Å². The molecule has 26 heavy (non-hydrogen) atoms. The lowest BCUT2D eigenvalue weighted by Gasteiger charge is -2.34. The maximum Gasteiger partial charge on any atom is 0.271 e. The number of amides is 1. The zero-order chi connectivity index (χ0) is 17.8. The summed E-state index contributed by atoms with van der Waals surface area (Å²) >= 11 is 0. The normalized spacial score (nSPS) is 21.8. The van der Waals surface area contributed by atoms with Crippen LogP contribution in [0.2, 0.25) is 0 Å². The van der Waals surface area contributed by atoms with Gasteiger partial charge in [0, 0.05) is 18.8 Å². The molecule has 4 rings (SSSR count). The van der Waals surface area contributed by atoms with Gasteiger partial charge in [-0.3, -0.25) is 19.8 Å². The second kappa shape index (κ2) is 7.99. The first-order chi connectivity index (χ1) is 12.8. The van der Waals surface area contributed by atoms with E-state index in [1.54, 1.807) is 0 Å². The van der Waals surface area contributed by atoms with Gasteiger partial charge in [0.25, 0.3) is 5.91 Å². The molecule has 138 valence electrons. The summed E-state index contributed by atoms with van der Waals surface area (Å²) in [5.41, 5.74) is 2.63. The number of pyridine rings is 1. The number of hydrogen-bond donors (Lipinski definition) is 2. The first-order valence-corrected chi connectivity index (χ1v) is 9.80. The Bertz CT molecular complexity index is 723. The van der Waals surface area contributed by atoms with E-state index in [9.17, 15) is 4.79 Å². The van der Waals surface area contributed by atoms with Gasteiger partial charge in [0.2, 0.25) is 0 Å². The average Bonchev–Trinajstić information content (AvgIpc) is 3.35. The van der Waals surface area contributed by atoms with Crippen LogP contribution in [0.5, 0.6) is 0 Å². The van der Waals surface area contributed by atoms with Crippen LogP contribution in [-0.2, 0) is 6.54 Å². The van der Waals surface area contributed by atoms with Crippen LogP contribution < -0.4 is 5.32 Å². The fourth-order valence-electron chi connectivity index (χ4n) is 4.19. The van der Waals surface area contributed by atoms with Gasteiger partial charge >= 0.3 is 0 Å². The quantitative estimate of drug-likeness (QED) is 0.866. The Hall–Kier alpha value is -2.21. The van der Waals surface area contributed by atoms with Crippen LogP contribution in [0.15, 0.2) is 30.5 Å². The highest BCUT2D eigenvalue weighted by Gasteiger charge is 2.27. The summed E-state index contributed by atoms with van der Waals surface area (Å²) in [5, 5.41) is 10.5. The van der Waals surface area contributed by atoms with Gasteiger partial charge in [0.1, 0.15) is 5.69 Å². The molecule has 0 bridgehead atoms. The van der Waals surface area contributed by atoms with Crippen LogP contribution in [0.1, 0.15) is 72.9 Å². The van der Waals surface area contributed by atoms with Crippen LogP contribution in [-0.4, -0.2) is 38.6 Å². The van der Waals surface area contributed by atoms with E-state index in [2.05, 4.69) is 31.5 Å². The van der Waals surface area contributed by atoms with Gasteiger partial charge in [0.15, 0.2) is 0 Å². The van der Waals surface area contributed by atoms with E-state index in [0.29, 0.717) is 11.7 Å². The highest BCUT2D eigenvalue weighted by Crippen LogP contribution is 2.31. The third kappa shape index (κ3) is 3.96. The van der Waals surface area contributed by atoms with E-state index in [0.717, 1.165) is 43.7 Å². The van der Waals surface area contributed by atoms with Gasteiger partial charge in [-0.1, -0.05) is 25.3 Å². The van der Waals surface area contributed by atoms with Crippen molar-refractivity contribution in [2.75, 3.05) is 6.54 Å². The van der Waals surface area contributed by atoms with Crippen molar-refractivity contribution in [1.29, 1.82) is 0 Å². The summed E-state index contributed by atoms with van der Waals surface area (Å²) in [7, 11) is 0. The summed E-state index contributed by atoms with van der Waals surface area (Å²) in [4.78, 5) is 19.4. The maximum atomic E-state index is 12.5. The molecule has 6 nitrogen and oxygen atoms in total. The molecule has 1 amide bonds. The lowest BCUT2D eigenvalue weighted by atomic mass is 9.99. The molecule has 2 N–H and O–H groups in total. The number of carbonyl (C=O) groups excluding carboxylic acids is 1. The van der Waals surface area contributed by atoms with Gasteiger partial charge in [-0.05, 0) is 50.4 Å². The smallest absolute Gasteiger partial charge is 0.271 e. The Morgan fingerprint density at radius 2 is 2.04 bits per heavy atom. The maximum absolute atomic E-state index is 12.5. The number of aromatic amines is 1. The van der Waals surface area contributed by atoms with Crippen molar-refractivity contribution in [3.63, 3.8) is 0 Å². The van der Waals surface area contributed by atoms with Crippen molar-refractivity contribution in [1.82, 2.24) is 25.4 Å². The highest BCUT2D eigenvalue weighted by molar-refractivity contribution is 5.92. The third-order valence-corrected chi connectivity index (χ3v) is 5.58. The number of rotatable bonds is 5. The number of carbonyl (C=O) groups is 1. The molecule has 2 aliphatic rings. The first kappa shape index (κ1) is 17.2. The van der Waals surface area contributed by atoms with E-state index >= 15 is 0 Å². The van der Waals surface area contributed by atoms with Crippen molar-refractivity contribution in [3.8, 4) is 0 Å². The molecule has 1 atom stereocenters. The molecule has 2 aromatic heterocycles. The molecule has 6 heteroatoms. The SMILES string of the molecule is O=C(NC1CCCC1)c1cc([C@@H]2CCCCN2Cc2ccccn2)[nH]n1.